The van der Waals surface area contributed by atoms with Gasteiger partial charge in [0.05, 0.1) is 0 Å². The molecule has 0 aliphatic heterocycles. The number of carbonyl (C=O) groups is 2. The smallest absolute Gasteiger partial charge is 0.320 e. The zero-order chi connectivity index (χ0) is 13.6. The summed E-state index contributed by atoms with van der Waals surface area (Å²) in [6.07, 6.45) is 4.43. The van der Waals surface area contributed by atoms with Gasteiger partial charge in [-0.25, -0.2) is 0 Å². The zero-order valence-corrected chi connectivity index (χ0v) is 11.6. The van der Waals surface area contributed by atoms with Crippen LogP contribution < -0.4 is 11.1 Å². The number of carboxylic acids is 1. The van der Waals surface area contributed by atoms with Crippen molar-refractivity contribution in [3.05, 3.63) is 0 Å². The number of hydrogen-bond acceptors (Lipinski definition) is 4. The zero-order valence-electron chi connectivity index (χ0n) is 10.8. The standard InChI is InChI=1S/C12H22N2O3S/c1-14-11(17)12(4-2-5-12)6-8-18-7-3-9(13)10(15)16/h9H,2-8,13H2,1H3,(H,14,17)(H,15,16). The molecule has 104 valence electrons. The molecule has 0 radical (unpaired) electrons. The first kappa shape index (κ1) is 15.3. The SMILES string of the molecule is CNC(=O)C1(CCSCCC(N)C(=O)O)CCC1. The van der Waals surface area contributed by atoms with Crippen LogP contribution in [0.5, 0.6) is 0 Å². The largest absolute Gasteiger partial charge is 0.480 e. The molecule has 1 rings (SSSR count). The Bertz CT molecular complexity index is 306. The first-order valence-electron chi connectivity index (χ1n) is 6.30. The van der Waals surface area contributed by atoms with Crippen LogP contribution in [0.15, 0.2) is 0 Å². The van der Waals surface area contributed by atoms with E-state index in [2.05, 4.69) is 5.32 Å². The highest BCUT2D eigenvalue weighted by molar-refractivity contribution is 7.99. The van der Waals surface area contributed by atoms with E-state index in [1.165, 1.54) is 0 Å². The number of nitrogens with one attached hydrogen (secondary N) is 1. The van der Waals surface area contributed by atoms with Crippen LogP contribution in [0.2, 0.25) is 0 Å². The molecule has 0 bridgehead atoms. The molecule has 1 saturated carbocycles. The van der Waals surface area contributed by atoms with Crippen LogP contribution in [-0.2, 0) is 9.59 Å². The summed E-state index contributed by atoms with van der Waals surface area (Å²) < 4.78 is 0. The van der Waals surface area contributed by atoms with Crippen molar-refractivity contribution in [1.82, 2.24) is 5.32 Å². The summed E-state index contributed by atoms with van der Waals surface area (Å²) in [6.45, 7) is 0. The molecule has 18 heavy (non-hydrogen) atoms. The fourth-order valence-corrected chi connectivity index (χ4v) is 3.32. The van der Waals surface area contributed by atoms with Crippen molar-refractivity contribution in [1.29, 1.82) is 0 Å². The van der Waals surface area contributed by atoms with Gasteiger partial charge in [-0.2, -0.15) is 11.8 Å². The van der Waals surface area contributed by atoms with Crippen molar-refractivity contribution >= 4 is 23.6 Å². The van der Waals surface area contributed by atoms with Crippen LogP contribution in [0.1, 0.15) is 32.1 Å². The number of hydrogen-bond donors (Lipinski definition) is 3. The Morgan fingerprint density at radius 3 is 2.56 bits per heavy atom. The van der Waals surface area contributed by atoms with Gasteiger partial charge in [0.1, 0.15) is 6.04 Å². The Hall–Kier alpha value is -0.750. The Balaban J connectivity index is 2.17. The summed E-state index contributed by atoms with van der Waals surface area (Å²) in [4.78, 5) is 22.3. The summed E-state index contributed by atoms with van der Waals surface area (Å²) in [6, 6.07) is -0.769. The topological polar surface area (TPSA) is 92.4 Å². The molecule has 0 heterocycles. The number of aliphatic carboxylic acids is 1. The molecule has 1 unspecified atom stereocenters. The average molecular weight is 274 g/mol. The maximum Gasteiger partial charge on any atom is 0.320 e. The summed E-state index contributed by atoms with van der Waals surface area (Å²) >= 11 is 1.68. The Morgan fingerprint density at radius 1 is 1.44 bits per heavy atom. The third kappa shape index (κ3) is 3.88. The Labute approximate surface area is 112 Å². The van der Waals surface area contributed by atoms with Gasteiger partial charge >= 0.3 is 5.97 Å². The minimum atomic E-state index is -0.948. The molecule has 1 aliphatic rings. The van der Waals surface area contributed by atoms with Crippen LogP contribution in [0, 0.1) is 5.41 Å². The second-order valence-electron chi connectivity index (χ2n) is 4.81. The van der Waals surface area contributed by atoms with Crippen LogP contribution >= 0.6 is 11.8 Å². The van der Waals surface area contributed by atoms with E-state index in [1.807, 2.05) is 0 Å². The normalized spacial score (nSPS) is 18.8. The van der Waals surface area contributed by atoms with E-state index in [0.29, 0.717) is 6.42 Å². The molecule has 1 atom stereocenters. The van der Waals surface area contributed by atoms with Gasteiger partial charge in [-0.3, -0.25) is 9.59 Å². The fourth-order valence-electron chi connectivity index (χ4n) is 2.16. The van der Waals surface area contributed by atoms with E-state index in [0.717, 1.165) is 37.2 Å². The molecule has 0 aromatic rings. The van der Waals surface area contributed by atoms with Crippen molar-refractivity contribution in [2.75, 3.05) is 18.6 Å². The van der Waals surface area contributed by atoms with E-state index in [9.17, 15) is 9.59 Å². The maximum absolute atomic E-state index is 11.8. The highest BCUT2D eigenvalue weighted by Gasteiger charge is 2.42. The number of carbonyl (C=O) groups excluding carboxylic acids is 1. The van der Waals surface area contributed by atoms with Crippen molar-refractivity contribution in [3.8, 4) is 0 Å². The van der Waals surface area contributed by atoms with Gasteiger partial charge in [-0.05, 0) is 37.2 Å². The lowest BCUT2D eigenvalue weighted by Crippen LogP contribution is -2.44. The minimum Gasteiger partial charge on any atom is -0.480 e. The first-order valence-corrected chi connectivity index (χ1v) is 7.45. The van der Waals surface area contributed by atoms with Crippen molar-refractivity contribution in [3.63, 3.8) is 0 Å². The molecule has 5 nitrogen and oxygen atoms in total. The molecule has 0 saturated heterocycles. The summed E-state index contributed by atoms with van der Waals surface area (Å²) in [5.41, 5.74) is 5.26. The quantitative estimate of drug-likeness (QED) is 0.570. The molecule has 1 fully saturated rings. The van der Waals surface area contributed by atoms with Crippen molar-refractivity contribution < 1.29 is 14.7 Å². The predicted octanol–water partition coefficient (Wildman–Crippen LogP) is 0.828. The average Bonchev–Trinajstić information content (AvgIpc) is 2.30. The van der Waals surface area contributed by atoms with Crippen LogP contribution in [0.3, 0.4) is 0 Å². The number of thioether (sulfide) groups is 1. The lowest BCUT2D eigenvalue weighted by molar-refractivity contribution is -0.138. The summed E-state index contributed by atoms with van der Waals surface area (Å²) in [7, 11) is 1.68. The Morgan fingerprint density at radius 2 is 2.11 bits per heavy atom. The van der Waals surface area contributed by atoms with Gasteiger partial charge in [0.25, 0.3) is 0 Å². The number of carboxylic acid groups (broad SMARTS) is 1. The van der Waals surface area contributed by atoms with Crippen LogP contribution in [0.25, 0.3) is 0 Å². The van der Waals surface area contributed by atoms with E-state index >= 15 is 0 Å². The van der Waals surface area contributed by atoms with Gasteiger partial charge in [0.15, 0.2) is 0 Å². The molecule has 0 aromatic heterocycles. The summed E-state index contributed by atoms with van der Waals surface area (Å²) in [5.74, 6) is 0.824. The number of amides is 1. The van der Waals surface area contributed by atoms with Gasteiger partial charge in [0.2, 0.25) is 5.91 Å². The molecule has 0 spiro atoms. The molecule has 0 aromatic carbocycles. The molecule has 1 aliphatic carbocycles. The van der Waals surface area contributed by atoms with Crippen molar-refractivity contribution in [2.24, 2.45) is 11.1 Å². The monoisotopic (exact) mass is 274 g/mol. The van der Waals surface area contributed by atoms with E-state index < -0.39 is 12.0 Å². The minimum absolute atomic E-state index is 0.150. The van der Waals surface area contributed by atoms with Crippen molar-refractivity contribution in [2.45, 2.75) is 38.1 Å². The molecular weight excluding hydrogens is 252 g/mol. The predicted molar refractivity (Wildman–Crippen MR) is 72.5 cm³/mol. The number of nitrogens with two attached hydrogens (primary N) is 1. The third-order valence-corrected chi connectivity index (χ3v) is 4.65. The lowest BCUT2D eigenvalue weighted by atomic mass is 9.66. The summed E-state index contributed by atoms with van der Waals surface area (Å²) in [5, 5.41) is 11.4. The molecule has 1 amide bonds. The molecule has 4 N–H and O–H groups in total. The van der Waals surface area contributed by atoms with E-state index in [-0.39, 0.29) is 11.3 Å². The van der Waals surface area contributed by atoms with Crippen LogP contribution in [0.4, 0.5) is 0 Å². The maximum atomic E-state index is 11.8. The fraction of sp³-hybridized carbons (Fsp3) is 0.833. The van der Waals surface area contributed by atoms with E-state index in [1.54, 1.807) is 18.8 Å². The highest BCUT2D eigenvalue weighted by Crippen LogP contribution is 2.44. The molecule has 6 heteroatoms. The van der Waals surface area contributed by atoms with E-state index in [4.69, 9.17) is 10.8 Å². The molecular formula is C12H22N2O3S. The second-order valence-corrected chi connectivity index (χ2v) is 6.03. The van der Waals surface area contributed by atoms with Gasteiger partial charge in [-0.1, -0.05) is 6.42 Å². The van der Waals surface area contributed by atoms with Crippen LogP contribution in [-0.4, -0.2) is 41.6 Å². The number of rotatable bonds is 8. The highest BCUT2D eigenvalue weighted by atomic mass is 32.2. The van der Waals surface area contributed by atoms with Gasteiger partial charge < -0.3 is 16.2 Å². The first-order chi connectivity index (χ1) is 8.52. The Kier molecular flexibility index (Phi) is 5.95. The third-order valence-electron chi connectivity index (χ3n) is 3.63. The van der Waals surface area contributed by atoms with Gasteiger partial charge in [0, 0.05) is 12.5 Å². The van der Waals surface area contributed by atoms with Gasteiger partial charge in [-0.15, -0.1) is 0 Å². The second kappa shape index (κ2) is 6.99. The lowest BCUT2D eigenvalue weighted by Gasteiger charge is -2.40.